The van der Waals surface area contributed by atoms with E-state index >= 15 is 0 Å². The van der Waals surface area contributed by atoms with Crippen LogP contribution in [-0.4, -0.2) is 30.7 Å². The van der Waals surface area contributed by atoms with Gasteiger partial charge in [0, 0.05) is 19.3 Å². The third kappa shape index (κ3) is 5.83. The van der Waals surface area contributed by atoms with Crippen molar-refractivity contribution in [3.63, 3.8) is 0 Å². The maximum Gasteiger partial charge on any atom is 0.237 e. The summed E-state index contributed by atoms with van der Waals surface area (Å²) in [5.41, 5.74) is 4.86. The molecule has 1 rings (SSSR count). The lowest BCUT2D eigenvalue weighted by atomic mass is 9.97. The van der Waals surface area contributed by atoms with Crippen LogP contribution >= 0.6 is 0 Å². The summed E-state index contributed by atoms with van der Waals surface area (Å²) in [6, 6.07) is 0.475. The second kappa shape index (κ2) is 7.10. The Kier molecular flexibility index (Phi) is 6.09. The van der Waals surface area contributed by atoms with Crippen molar-refractivity contribution in [2.75, 3.05) is 13.2 Å². The number of ether oxygens (including phenoxy) is 1. The van der Waals surface area contributed by atoms with Gasteiger partial charge in [-0.05, 0) is 44.9 Å². The van der Waals surface area contributed by atoms with Crippen molar-refractivity contribution in [2.24, 2.45) is 11.7 Å². The van der Waals surface area contributed by atoms with Gasteiger partial charge in [0.15, 0.2) is 0 Å². The number of nitrogens with two attached hydrogens (primary N) is 1. The molecule has 4 nitrogen and oxygen atoms in total. The lowest BCUT2D eigenvalue weighted by Crippen LogP contribution is -2.54. The predicted octanol–water partition coefficient (Wildman–Crippen LogP) is 1.83. The van der Waals surface area contributed by atoms with E-state index in [0.29, 0.717) is 19.1 Å². The molecule has 0 aromatic rings. The Morgan fingerprint density at radius 1 is 1.44 bits per heavy atom. The molecule has 3 N–H and O–H groups in total. The van der Waals surface area contributed by atoms with E-state index in [1.807, 2.05) is 6.92 Å². The maximum absolute atomic E-state index is 11.5. The van der Waals surface area contributed by atoms with Gasteiger partial charge in [-0.1, -0.05) is 13.8 Å². The van der Waals surface area contributed by atoms with Crippen molar-refractivity contribution in [2.45, 2.75) is 64.5 Å². The molecule has 1 amide bonds. The van der Waals surface area contributed by atoms with Crippen molar-refractivity contribution in [1.82, 2.24) is 5.32 Å². The number of carbonyl (C=O) groups is 1. The summed E-state index contributed by atoms with van der Waals surface area (Å²) in [5, 5.41) is 3.32. The fourth-order valence-electron chi connectivity index (χ4n) is 1.92. The molecule has 0 bridgehead atoms. The monoisotopic (exact) mass is 256 g/mol. The Morgan fingerprint density at radius 3 is 2.61 bits per heavy atom. The maximum atomic E-state index is 11.5. The Hall–Kier alpha value is -0.610. The summed E-state index contributed by atoms with van der Waals surface area (Å²) in [6.45, 7) is 7.67. The minimum absolute atomic E-state index is 0.278. The van der Waals surface area contributed by atoms with Gasteiger partial charge < -0.3 is 15.8 Å². The van der Waals surface area contributed by atoms with Crippen LogP contribution < -0.4 is 11.1 Å². The number of amides is 1. The molecule has 0 spiro atoms. The first-order chi connectivity index (χ1) is 8.44. The van der Waals surface area contributed by atoms with E-state index < -0.39 is 5.54 Å². The van der Waals surface area contributed by atoms with Gasteiger partial charge in [-0.2, -0.15) is 0 Å². The van der Waals surface area contributed by atoms with E-state index in [1.165, 1.54) is 6.42 Å². The van der Waals surface area contributed by atoms with Crippen LogP contribution in [0.1, 0.15) is 52.9 Å². The quantitative estimate of drug-likeness (QED) is 0.586. The normalized spacial score (nSPS) is 18.9. The molecule has 1 aliphatic carbocycles. The number of hydrogen-bond acceptors (Lipinski definition) is 3. The van der Waals surface area contributed by atoms with Gasteiger partial charge in [-0.15, -0.1) is 0 Å². The number of primary amides is 1. The van der Waals surface area contributed by atoms with E-state index in [1.54, 1.807) is 0 Å². The van der Waals surface area contributed by atoms with Gasteiger partial charge >= 0.3 is 0 Å². The summed E-state index contributed by atoms with van der Waals surface area (Å²) in [5.74, 6) is 0.446. The Bertz CT molecular complexity index is 265. The highest BCUT2D eigenvalue weighted by atomic mass is 16.5. The first kappa shape index (κ1) is 15.4. The van der Waals surface area contributed by atoms with Crippen molar-refractivity contribution < 1.29 is 9.53 Å². The molecule has 1 saturated carbocycles. The first-order valence-corrected chi connectivity index (χ1v) is 7.09. The average Bonchev–Trinajstić information content (AvgIpc) is 3.06. The van der Waals surface area contributed by atoms with Crippen molar-refractivity contribution in [3.8, 4) is 0 Å². The molecule has 0 heterocycles. The Balaban J connectivity index is 2.15. The van der Waals surface area contributed by atoms with E-state index in [0.717, 1.165) is 31.8 Å². The van der Waals surface area contributed by atoms with Gasteiger partial charge in [0.1, 0.15) is 0 Å². The van der Waals surface area contributed by atoms with Crippen LogP contribution in [0.5, 0.6) is 0 Å². The zero-order chi connectivity index (χ0) is 13.6. The molecule has 18 heavy (non-hydrogen) atoms. The molecular weight excluding hydrogens is 228 g/mol. The van der Waals surface area contributed by atoms with Gasteiger partial charge in [0.25, 0.3) is 0 Å². The summed E-state index contributed by atoms with van der Waals surface area (Å²) in [7, 11) is 0. The van der Waals surface area contributed by atoms with Crippen LogP contribution in [0.3, 0.4) is 0 Å². The fourth-order valence-corrected chi connectivity index (χ4v) is 1.92. The van der Waals surface area contributed by atoms with Gasteiger partial charge in [-0.25, -0.2) is 0 Å². The zero-order valence-corrected chi connectivity index (χ0v) is 12.0. The lowest BCUT2D eigenvalue weighted by Gasteiger charge is -2.27. The number of rotatable bonds is 10. The number of hydrogen-bond donors (Lipinski definition) is 2. The Labute approximate surface area is 111 Å². The molecule has 0 saturated heterocycles. The Morgan fingerprint density at radius 2 is 2.11 bits per heavy atom. The minimum atomic E-state index is -0.612. The number of nitrogens with one attached hydrogen (secondary N) is 1. The van der Waals surface area contributed by atoms with Crippen molar-refractivity contribution in [1.29, 1.82) is 0 Å². The molecule has 0 aliphatic heterocycles. The molecule has 1 atom stereocenters. The molecule has 0 aromatic heterocycles. The van der Waals surface area contributed by atoms with Gasteiger partial charge in [-0.3, -0.25) is 4.79 Å². The third-order valence-corrected chi connectivity index (χ3v) is 3.46. The smallest absolute Gasteiger partial charge is 0.237 e. The van der Waals surface area contributed by atoms with Gasteiger partial charge in [0.05, 0.1) is 5.54 Å². The van der Waals surface area contributed by atoms with Gasteiger partial charge in [0.2, 0.25) is 5.91 Å². The molecule has 1 fully saturated rings. The standard InChI is InChI=1S/C14H28N2O2/c1-11(2)5-4-9-18-10-8-14(3,13(15)17)16-12-6-7-12/h11-12,16H,4-10H2,1-3H3,(H2,15,17). The SMILES string of the molecule is CC(C)CCCOCCC(C)(NC1CC1)C(N)=O. The van der Waals surface area contributed by atoms with Crippen LogP contribution in [0.15, 0.2) is 0 Å². The highest BCUT2D eigenvalue weighted by Crippen LogP contribution is 2.24. The molecule has 0 radical (unpaired) electrons. The van der Waals surface area contributed by atoms with Crippen LogP contribution in [0.25, 0.3) is 0 Å². The van der Waals surface area contributed by atoms with Crippen molar-refractivity contribution >= 4 is 5.91 Å². The van der Waals surface area contributed by atoms with E-state index in [4.69, 9.17) is 10.5 Å². The molecule has 1 unspecified atom stereocenters. The minimum Gasteiger partial charge on any atom is -0.381 e. The third-order valence-electron chi connectivity index (χ3n) is 3.46. The summed E-state index contributed by atoms with van der Waals surface area (Å²) in [6.07, 6.45) is 5.23. The molecule has 106 valence electrons. The number of carbonyl (C=O) groups excluding carboxylic acids is 1. The highest BCUT2D eigenvalue weighted by Gasteiger charge is 2.36. The van der Waals surface area contributed by atoms with Crippen LogP contribution in [0.4, 0.5) is 0 Å². The zero-order valence-electron chi connectivity index (χ0n) is 12.0. The predicted molar refractivity (Wildman–Crippen MR) is 73.3 cm³/mol. The van der Waals surface area contributed by atoms with Crippen LogP contribution in [-0.2, 0) is 9.53 Å². The van der Waals surface area contributed by atoms with Crippen LogP contribution in [0.2, 0.25) is 0 Å². The van der Waals surface area contributed by atoms with E-state index in [9.17, 15) is 4.79 Å². The lowest BCUT2D eigenvalue weighted by molar-refractivity contribution is -0.124. The van der Waals surface area contributed by atoms with Crippen molar-refractivity contribution in [3.05, 3.63) is 0 Å². The topological polar surface area (TPSA) is 64.3 Å². The van der Waals surface area contributed by atoms with Crippen LogP contribution in [0, 0.1) is 5.92 Å². The van der Waals surface area contributed by atoms with E-state index in [-0.39, 0.29) is 5.91 Å². The second-order valence-electron chi connectivity index (χ2n) is 6.01. The molecule has 4 heteroatoms. The second-order valence-corrected chi connectivity index (χ2v) is 6.01. The summed E-state index contributed by atoms with van der Waals surface area (Å²) < 4.78 is 5.58. The highest BCUT2D eigenvalue weighted by molar-refractivity contribution is 5.84. The first-order valence-electron chi connectivity index (χ1n) is 7.09. The summed E-state index contributed by atoms with van der Waals surface area (Å²) >= 11 is 0. The average molecular weight is 256 g/mol. The summed E-state index contributed by atoms with van der Waals surface area (Å²) in [4.78, 5) is 11.5. The molecular formula is C14H28N2O2. The van der Waals surface area contributed by atoms with E-state index in [2.05, 4.69) is 19.2 Å². The largest absolute Gasteiger partial charge is 0.381 e. The molecule has 0 aromatic carbocycles. The molecule has 1 aliphatic rings. The fraction of sp³-hybridized carbons (Fsp3) is 0.929.